The molecule has 0 saturated carbocycles. The van der Waals surface area contributed by atoms with Crippen LogP contribution in [0.3, 0.4) is 0 Å². The Morgan fingerprint density at radius 1 is 1.46 bits per heavy atom. The maximum atomic E-state index is 10.4. The first kappa shape index (κ1) is 11.4. The van der Waals surface area contributed by atoms with Gasteiger partial charge in [-0.2, -0.15) is 0 Å². The first-order valence-corrected chi connectivity index (χ1v) is 3.60. The van der Waals surface area contributed by atoms with Gasteiger partial charge in [0, 0.05) is 0 Å². The molecular formula is C9H12O4. The number of phenols is 1. The third-order valence-electron chi connectivity index (χ3n) is 1.76. The molecule has 0 fully saturated rings. The first-order chi connectivity index (χ1) is 5.61. The van der Waals surface area contributed by atoms with E-state index < -0.39 is 5.97 Å². The van der Waals surface area contributed by atoms with Gasteiger partial charge in [0.2, 0.25) is 0 Å². The van der Waals surface area contributed by atoms with Crippen molar-refractivity contribution in [2.45, 2.75) is 13.3 Å². The molecule has 4 heteroatoms. The topological polar surface area (TPSA) is 89.0 Å². The summed E-state index contributed by atoms with van der Waals surface area (Å²) in [6, 6.07) is 4.88. The number of hydrogen-bond acceptors (Lipinski definition) is 2. The largest absolute Gasteiger partial charge is 0.508 e. The van der Waals surface area contributed by atoms with Gasteiger partial charge in [-0.05, 0) is 24.1 Å². The normalized spacial score (nSPS) is 9.00. The Kier molecular flexibility index (Phi) is 3.94. The maximum Gasteiger partial charge on any atom is 0.307 e. The average molecular weight is 184 g/mol. The highest BCUT2D eigenvalue weighted by Crippen LogP contribution is 2.19. The summed E-state index contributed by atoms with van der Waals surface area (Å²) in [5.41, 5.74) is 1.29. The summed E-state index contributed by atoms with van der Waals surface area (Å²) in [6.07, 6.45) is -0.0414. The number of carboxylic acids is 1. The summed E-state index contributed by atoms with van der Waals surface area (Å²) in [5, 5.41) is 17.7. The molecule has 0 spiro atoms. The molecule has 0 atom stereocenters. The lowest BCUT2D eigenvalue weighted by atomic mass is 10.1. The van der Waals surface area contributed by atoms with Crippen LogP contribution in [0.1, 0.15) is 11.1 Å². The molecule has 0 aliphatic rings. The molecule has 0 bridgehead atoms. The molecule has 0 saturated heterocycles. The molecule has 0 radical (unpaired) electrons. The van der Waals surface area contributed by atoms with E-state index in [9.17, 15) is 9.90 Å². The van der Waals surface area contributed by atoms with E-state index in [0.29, 0.717) is 11.1 Å². The van der Waals surface area contributed by atoms with Gasteiger partial charge in [-0.3, -0.25) is 4.79 Å². The van der Waals surface area contributed by atoms with Gasteiger partial charge in [-0.15, -0.1) is 0 Å². The van der Waals surface area contributed by atoms with E-state index in [1.807, 2.05) is 0 Å². The van der Waals surface area contributed by atoms with E-state index in [1.54, 1.807) is 25.1 Å². The third kappa shape index (κ3) is 2.76. The van der Waals surface area contributed by atoms with Gasteiger partial charge >= 0.3 is 5.97 Å². The van der Waals surface area contributed by atoms with E-state index in [4.69, 9.17) is 5.11 Å². The van der Waals surface area contributed by atoms with E-state index in [-0.39, 0.29) is 17.6 Å². The standard InChI is InChI=1S/C9H10O3.H2O/c1-6-7(5-9(11)12)3-2-4-8(6)10;/h2-4,10H,5H2,1H3,(H,11,12);1H2. The number of benzene rings is 1. The fourth-order valence-corrected chi connectivity index (χ4v) is 1.02. The lowest BCUT2D eigenvalue weighted by molar-refractivity contribution is -0.136. The minimum absolute atomic E-state index is 0. The molecule has 1 rings (SSSR count). The summed E-state index contributed by atoms with van der Waals surface area (Å²) in [5.74, 6) is -0.738. The molecule has 13 heavy (non-hydrogen) atoms. The van der Waals surface area contributed by atoms with E-state index in [1.165, 1.54) is 0 Å². The zero-order chi connectivity index (χ0) is 9.14. The monoisotopic (exact) mass is 184 g/mol. The predicted molar refractivity (Wildman–Crippen MR) is 47.8 cm³/mol. The Hall–Kier alpha value is -1.55. The van der Waals surface area contributed by atoms with Crippen LogP contribution in [0.15, 0.2) is 18.2 Å². The van der Waals surface area contributed by atoms with Crippen molar-refractivity contribution in [2.75, 3.05) is 0 Å². The second kappa shape index (κ2) is 4.47. The smallest absolute Gasteiger partial charge is 0.307 e. The third-order valence-corrected chi connectivity index (χ3v) is 1.76. The Labute approximate surface area is 75.8 Å². The Bertz CT molecular complexity index is 306. The number of aromatic hydroxyl groups is 1. The van der Waals surface area contributed by atoms with Gasteiger partial charge in [0.25, 0.3) is 0 Å². The molecule has 0 aromatic heterocycles. The van der Waals surface area contributed by atoms with Gasteiger partial charge in [-0.25, -0.2) is 0 Å². The van der Waals surface area contributed by atoms with E-state index in [0.717, 1.165) is 0 Å². The predicted octanol–water partition coefficient (Wildman–Crippen LogP) is 0.503. The molecule has 0 aliphatic heterocycles. The molecule has 0 unspecified atom stereocenters. The van der Waals surface area contributed by atoms with Crippen molar-refractivity contribution in [3.8, 4) is 5.75 Å². The van der Waals surface area contributed by atoms with E-state index in [2.05, 4.69) is 0 Å². The maximum absolute atomic E-state index is 10.4. The average Bonchev–Trinajstić information content (AvgIpc) is 1.98. The number of hydrogen-bond donors (Lipinski definition) is 2. The SMILES string of the molecule is Cc1c(O)cccc1CC(=O)O.O. The first-order valence-electron chi connectivity index (χ1n) is 3.60. The van der Waals surface area contributed by atoms with Crippen molar-refractivity contribution in [1.82, 2.24) is 0 Å². The van der Waals surface area contributed by atoms with Gasteiger partial charge in [0.15, 0.2) is 0 Å². The number of phenolic OH excluding ortho intramolecular Hbond substituents is 1. The fourth-order valence-electron chi connectivity index (χ4n) is 1.02. The zero-order valence-electron chi connectivity index (χ0n) is 7.24. The highest BCUT2D eigenvalue weighted by Gasteiger charge is 2.05. The molecular weight excluding hydrogens is 172 g/mol. The summed E-state index contributed by atoms with van der Waals surface area (Å²) < 4.78 is 0. The van der Waals surface area contributed by atoms with Crippen molar-refractivity contribution >= 4 is 5.97 Å². The highest BCUT2D eigenvalue weighted by molar-refractivity contribution is 5.71. The molecule has 72 valence electrons. The second-order valence-electron chi connectivity index (χ2n) is 2.63. The Morgan fingerprint density at radius 3 is 2.62 bits per heavy atom. The lowest BCUT2D eigenvalue weighted by Crippen LogP contribution is -2.01. The summed E-state index contributed by atoms with van der Waals surface area (Å²) >= 11 is 0. The van der Waals surface area contributed by atoms with Crippen molar-refractivity contribution in [3.05, 3.63) is 29.3 Å². The Morgan fingerprint density at radius 2 is 2.08 bits per heavy atom. The molecule has 4 nitrogen and oxygen atoms in total. The number of aliphatic carboxylic acids is 1. The van der Waals surface area contributed by atoms with Crippen LogP contribution in [0.4, 0.5) is 0 Å². The second-order valence-corrected chi connectivity index (χ2v) is 2.63. The fraction of sp³-hybridized carbons (Fsp3) is 0.222. The van der Waals surface area contributed by atoms with Gasteiger partial charge < -0.3 is 15.7 Å². The van der Waals surface area contributed by atoms with Crippen molar-refractivity contribution in [1.29, 1.82) is 0 Å². The van der Waals surface area contributed by atoms with Gasteiger partial charge in [0.1, 0.15) is 5.75 Å². The van der Waals surface area contributed by atoms with Crippen LogP contribution in [-0.4, -0.2) is 21.7 Å². The van der Waals surface area contributed by atoms with E-state index >= 15 is 0 Å². The van der Waals surface area contributed by atoms with Gasteiger partial charge in [0.05, 0.1) is 6.42 Å². The zero-order valence-corrected chi connectivity index (χ0v) is 7.24. The summed E-state index contributed by atoms with van der Waals surface area (Å²) in [4.78, 5) is 10.4. The number of rotatable bonds is 2. The van der Waals surface area contributed by atoms with Gasteiger partial charge in [-0.1, -0.05) is 12.1 Å². The van der Waals surface area contributed by atoms with Crippen LogP contribution in [-0.2, 0) is 11.2 Å². The highest BCUT2D eigenvalue weighted by atomic mass is 16.4. The van der Waals surface area contributed by atoms with Crippen molar-refractivity contribution in [3.63, 3.8) is 0 Å². The number of carbonyl (C=O) groups is 1. The molecule has 1 aromatic carbocycles. The molecule has 4 N–H and O–H groups in total. The summed E-state index contributed by atoms with van der Waals surface area (Å²) in [6.45, 7) is 1.70. The van der Waals surface area contributed by atoms with Crippen LogP contribution in [0.5, 0.6) is 5.75 Å². The van der Waals surface area contributed by atoms with Crippen molar-refractivity contribution < 1.29 is 20.5 Å². The number of carboxylic acid groups (broad SMARTS) is 1. The van der Waals surface area contributed by atoms with Crippen molar-refractivity contribution in [2.24, 2.45) is 0 Å². The van der Waals surface area contributed by atoms with Crippen LogP contribution >= 0.6 is 0 Å². The minimum atomic E-state index is -0.885. The van der Waals surface area contributed by atoms with Crippen LogP contribution in [0.25, 0.3) is 0 Å². The molecule has 0 heterocycles. The molecule has 0 amide bonds. The van der Waals surface area contributed by atoms with Crippen LogP contribution < -0.4 is 0 Å². The Balaban J connectivity index is 0.00000144. The minimum Gasteiger partial charge on any atom is -0.508 e. The van der Waals surface area contributed by atoms with Crippen LogP contribution in [0, 0.1) is 6.92 Å². The quantitative estimate of drug-likeness (QED) is 0.701. The molecule has 1 aromatic rings. The molecule has 0 aliphatic carbocycles. The lowest BCUT2D eigenvalue weighted by Gasteiger charge is -2.03. The van der Waals surface area contributed by atoms with Crippen LogP contribution in [0.2, 0.25) is 0 Å². The summed E-state index contributed by atoms with van der Waals surface area (Å²) in [7, 11) is 0.